The highest BCUT2D eigenvalue weighted by atomic mass is 35.5. The van der Waals surface area contributed by atoms with E-state index in [4.69, 9.17) is 21.3 Å². The molecule has 0 saturated carbocycles. The van der Waals surface area contributed by atoms with Gasteiger partial charge in [-0.05, 0) is 42.7 Å². The smallest absolute Gasteiger partial charge is 0.274 e. The Kier molecular flexibility index (Phi) is 5.39. The molecule has 6 heteroatoms. The summed E-state index contributed by atoms with van der Waals surface area (Å²) in [7, 11) is 0. The first-order valence-electron chi connectivity index (χ1n) is 8.57. The molecular formula is C20H22ClN3O2. The molecule has 0 fully saturated rings. The van der Waals surface area contributed by atoms with Crippen LogP contribution in [-0.2, 0) is 10.3 Å². The number of carbonyl (C=O) groups excluding carboxylic acids is 1. The van der Waals surface area contributed by atoms with Crippen LogP contribution in [0.3, 0.4) is 0 Å². The summed E-state index contributed by atoms with van der Waals surface area (Å²) in [6.07, 6.45) is 1.45. The van der Waals surface area contributed by atoms with Crippen molar-refractivity contribution < 1.29 is 9.53 Å². The first-order valence-corrected chi connectivity index (χ1v) is 8.95. The van der Waals surface area contributed by atoms with Gasteiger partial charge in [-0.3, -0.25) is 9.79 Å². The average Bonchev–Trinajstić information content (AvgIpc) is 2.62. The van der Waals surface area contributed by atoms with Gasteiger partial charge in [0.05, 0.1) is 18.2 Å². The zero-order chi connectivity index (χ0) is 18.7. The quantitative estimate of drug-likeness (QED) is 0.869. The van der Waals surface area contributed by atoms with Crippen LogP contribution < -0.4 is 5.32 Å². The maximum atomic E-state index is 12.4. The fourth-order valence-corrected chi connectivity index (χ4v) is 2.93. The summed E-state index contributed by atoms with van der Waals surface area (Å²) in [5, 5.41) is 3.37. The number of benzene rings is 1. The number of rotatable bonds is 4. The molecule has 1 amide bonds. The van der Waals surface area contributed by atoms with Gasteiger partial charge in [0.25, 0.3) is 5.91 Å². The molecule has 3 rings (SSSR count). The molecule has 0 saturated heterocycles. The highest BCUT2D eigenvalue weighted by Gasteiger charge is 2.31. The lowest BCUT2D eigenvalue weighted by atomic mass is 9.91. The molecule has 1 aromatic heterocycles. The predicted molar refractivity (Wildman–Crippen MR) is 104 cm³/mol. The third-order valence-electron chi connectivity index (χ3n) is 4.39. The summed E-state index contributed by atoms with van der Waals surface area (Å²) in [6, 6.07) is 10.9. The van der Waals surface area contributed by atoms with Crippen molar-refractivity contribution in [2.24, 2.45) is 10.9 Å². The first kappa shape index (κ1) is 18.5. The Balaban J connectivity index is 1.83. The van der Waals surface area contributed by atoms with Crippen LogP contribution in [0.1, 0.15) is 36.8 Å². The Hall–Kier alpha value is -2.24. The van der Waals surface area contributed by atoms with E-state index in [-0.39, 0.29) is 5.91 Å². The standard InChI is InChI=1S/C20H22ClN3O2/c1-13(2)18-11-26-12-20(3,24-18)14-5-4-6-16(9-14)23-19(25)17-8-7-15(21)10-22-17/h4-10,13H,11-12H2,1-3H3,(H,23,25). The Morgan fingerprint density at radius 1 is 1.31 bits per heavy atom. The van der Waals surface area contributed by atoms with E-state index >= 15 is 0 Å². The summed E-state index contributed by atoms with van der Waals surface area (Å²) in [5.74, 6) is 0.0590. The van der Waals surface area contributed by atoms with E-state index in [9.17, 15) is 4.79 Å². The van der Waals surface area contributed by atoms with E-state index in [1.807, 2.05) is 24.3 Å². The largest absolute Gasteiger partial charge is 0.373 e. The molecular weight excluding hydrogens is 350 g/mol. The van der Waals surface area contributed by atoms with Crippen molar-refractivity contribution in [1.29, 1.82) is 0 Å². The molecule has 2 heterocycles. The maximum Gasteiger partial charge on any atom is 0.274 e. The third kappa shape index (κ3) is 4.11. The molecule has 1 unspecified atom stereocenters. The van der Waals surface area contributed by atoms with E-state index in [2.05, 4.69) is 31.1 Å². The second kappa shape index (κ2) is 7.56. The van der Waals surface area contributed by atoms with Gasteiger partial charge in [0.2, 0.25) is 0 Å². The molecule has 1 aliphatic rings. The molecule has 0 spiro atoms. The van der Waals surface area contributed by atoms with Gasteiger partial charge in [0, 0.05) is 17.6 Å². The molecule has 136 valence electrons. The van der Waals surface area contributed by atoms with Gasteiger partial charge >= 0.3 is 0 Å². The number of aromatic nitrogens is 1. The molecule has 1 aromatic carbocycles. The first-order chi connectivity index (χ1) is 12.4. The fraction of sp³-hybridized carbons (Fsp3) is 0.350. The van der Waals surface area contributed by atoms with Crippen LogP contribution in [0.25, 0.3) is 0 Å². The van der Waals surface area contributed by atoms with Crippen LogP contribution in [0, 0.1) is 5.92 Å². The number of carbonyl (C=O) groups is 1. The fourth-order valence-electron chi connectivity index (χ4n) is 2.82. The van der Waals surface area contributed by atoms with E-state index in [0.717, 1.165) is 11.3 Å². The lowest BCUT2D eigenvalue weighted by Gasteiger charge is -2.32. The van der Waals surface area contributed by atoms with Gasteiger partial charge < -0.3 is 10.1 Å². The number of anilines is 1. The number of amides is 1. The Bertz CT molecular complexity index is 833. The third-order valence-corrected chi connectivity index (χ3v) is 4.62. The number of aliphatic imine (C=N–C) groups is 1. The van der Waals surface area contributed by atoms with Crippen molar-refractivity contribution in [2.75, 3.05) is 18.5 Å². The molecule has 2 aromatic rings. The monoisotopic (exact) mass is 371 g/mol. The molecule has 0 radical (unpaired) electrons. The highest BCUT2D eigenvalue weighted by molar-refractivity contribution is 6.30. The summed E-state index contributed by atoms with van der Waals surface area (Å²) < 4.78 is 5.77. The van der Waals surface area contributed by atoms with Crippen molar-refractivity contribution in [3.8, 4) is 0 Å². The van der Waals surface area contributed by atoms with Gasteiger partial charge in [-0.2, -0.15) is 0 Å². The predicted octanol–water partition coefficient (Wildman–Crippen LogP) is 4.33. The average molecular weight is 372 g/mol. The zero-order valence-electron chi connectivity index (χ0n) is 15.1. The number of ether oxygens (including phenoxy) is 1. The Morgan fingerprint density at radius 3 is 2.81 bits per heavy atom. The second-order valence-electron chi connectivity index (χ2n) is 6.92. The van der Waals surface area contributed by atoms with Crippen LogP contribution in [0.15, 0.2) is 47.6 Å². The van der Waals surface area contributed by atoms with E-state index in [1.54, 1.807) is 12.1 Å². The molecule has 0 bridgehead atoms. The van der Waals surface area contributed by atoms with Crippen LogP contribution >= 0.6 is 11.6 Å². The number of halogens is 1. The van der Waals surface area contributed by atoms with Crippen LogP contribution in [-0.4, -0.2) is 29.8 Å². The van der Waals surface area contributed by atoms with Gasteiger partial charge in [0.1, 0.15) is 11.2 Å². The highest BCUT2D eigenvalue weighted by Crippen LogP contribution is 2.31. The van der Waals surface area contributed by atoms with Crippen molar-refractivity contribution >= 4 is 28.9 Å². The molecule has 0 aliphatic carbocycles. The number of pyridine rings is 1. The second-order valence-corrected chi connectivity index (χ2v) is 7.36. The minimum atomic E-state index is -0.461. The Labute approximate surface area is 158 Å². The molecule has 26 heavy (non-hydrogen) atoms. The minimum Gasteiger partial charge on any atom is -0.373 e. The lowest BCUT2D eigenvalue weighted by molar-refractivity contribution is 0.102. The van der Waals surface area contributed by atoms with Crippen molar-refractivity contribution in [3.63, 3.8) is 0 Å². The minimum absolute atomic E-state index is 0.282. The van der Waals surface area contributed by atoms with E-state index in [1.165, 1.54) is 6.20 Å². The van der Waals surface area contributed by atoms with Gasteiger partial charge in [-0.1, -0.05) is 37.6 Å². The molecule has 1 N–H and O–H groups in total. The number of hydrogen-bond acceptors (Lipinski definition) is 4. The summed E-state index contributed by atoms with van der Waals surface area (Å²) >= 11 is 5.81. The number of hydrogen-bond donors (Lipinski definition) is 1. The summed E-state index contributed by atoms with van der Waals surface area (Å²) in [5.41, 5.74) is 2.59. The SMILES string of the molecule is CC(C)C1=NC(C)(c2cccc(NC(=O)c3ccc(Cl)cn3)c2)COC1. The van der Waals surface area contributed by atoms with Gasteiger partial charge in [-0.25, -0.2) is 4.98 Å². The Morgan fingerprint density at radius 2 is 2.12 bits per heavy atom. The summed E-state index contributed by atoms with van der Waals surface area (Å²) in [6.45, 7) is 7.37. The molecule has 1 atom stereocenters. The van der Waals surface area contributed by atoms with E-state index < -0.39 is 5.54 Å². The van der Waals surface area contributed by atoms with Crippen LogP contribution in [0.5, 0.6) is 0 Å². The number of nitrogens with zero attached hydrogens (tertiary/aromatic N) is 2. The van der Waals surface area contributed by atoms with Gasteiger partial charge in [-0.15, -0.1) is 0 Å². The van der Waals surface area contributed by atoms with Crippen LogP contribution in [0.4, 0.5) is 5.69 Å². The topological polar surface area (TPSA) is 63.6 Å². The molecule has 1 aliphatic heterocycles. The number of nitrogens with one attached hydrogen (secondary N) is 1. The lowest BCUT2D eigenvalue weighted by Crippen LogP contribution is -2.36. The van der Waals surface area contributed by atoms with Gasteiger partial charge in [0.15, 0.2) is 0 Å². The van der Waals surface area contributed by atoms with Crippen molar-refractivity contribution in [2.45, 2.75) is 26.3 Å². The maximum absolute atomic E-state index is 12.4. The summed E-state index contributed by atoms with van der Waals surface area (Å²) in [4.78, 5) is 21.3. The van der Waals surface area contributed by atoms with Crippen molar-refractivity contribution in [3.05, 3.63) is 58.9 Å². The normalized spacial score (nSPS) is 20.0. The van der Waals surface area contributed by atoms with E-state index in [0.29, 0.717) is 35.5 Å². The zero-order valence-corrected chi connectivity index (χ0v) is 15.9. The van der Waals surface area contributed by atoms with Crippen molar-refractivity contribution in [1.82, 2.24) is 4.98 Å². The van der Waals surface area contributed by atoms with Crippen LogP contribution in [0.2, 0.25) is 5.02 Å². The molecule has 5 nitrogen and oxygen atoms in total.